The number of carboxylic acid groups (broad SMARTS) is 1. The number of alkyl halides is 2. The van der Waals surface area contributed by atoms with Gasteiger partial charge in [0.1, 0.15) is 0 Å². The summed E-state index contributed by atoms with van der Waals surface area (Å²) in [6.07, 6.45) is 5.05. The molecule has 0 heterocycles. The lowest BCUT2D eigenvalue weighted by Gasteiger charge is -2.24. The Balaban J connectivity index is 2.54. The monoisotopic (exact) mass is 249 g/mol. The second kappa shape index (κ2) is 5.53. The third-order valence-corrected chi connectivity index (χ3v) is 3.23. The van der Waals surface area contributed by atoms with Crippen molar-refractivity contribution in [3.63, 3.8) is 0 Å². The van der Waals surface area contributed by atoms with Crippen LogP contribution in [0.3, 0.4) is 0 Å². The summed E-state index contributed by atoms with van der Waals surface area (Å²) in [5, 5.41) is 8.24. The lowest BCUT2D eigenvalue weighted by molar-refractivity contribution is -0.172. The van der Waals surface area contributed by atoms with E-state index in [9.17, 15) is 18.4 Å². The molecule has 1 atom stereocenters. The second-order valence-electron chi connectivity index (χ2n) is 4.59. The summed E-state index contributed by atoms with van der Waals surface area (Å²) in [5.41, 5.74) is 5.38. The zero-order chi connectivity index (χ0) is 13.1. The van der Waals surface area contributed by atoms with Crippen LogP contribution in [0, 0.1) is 5.92 Å². The van der Waals surface area contributed by atoms with Crippen molar-refractivity contribution >= 4 is 11.8 Å². The van der Waals surface area contributed by atoms with Crippen molar-refractivity contribution in [2.45, 2.75) is 50.5 Å². The fraction of sp³-hybridized carbons (Fsp3) is 0.818. The Morgan fingerprint density at radius 1 is 1.29 bits per heavy atom. The molecule has 98 valence electrons. The first-order valence-electron chi connectivity index (χ1n) is 5.76. The van der Waals surface area contributed by atoms with Gasteiger partial charge in [0, 0.05) is 0 Å². The van der Waals surface area contributed by atoms with Gasteiger partial charge in [0.15, 0.2) is 0 Å². The Hall–Kier alpha value is -1.04. The van der Waals surface area contributed by atoms with E-state index in [1.54, 1.807) is 0 Å². The molecule has 1 unspecified atom stereocenters. The molecule has 0 bridgehead atoms. The first kappa shape index (κ1) is 14.0. The average molecular weight is 249 g/mol. The van der Waals surface area contributed by atoms with Crippen LogP contribution in [0.25, 0.3) is 0 Å². The van der Waals surface area contributed by atoms with Crippen LogP contribution in [0.15, 0.2) is 0 Å². The molecule has 6 heteroatoms. The van der Waals surface area contributed by atoms with E-state index in [0.29, 0.717) is 0 Å². The van der Waals surface area contributed by atoms with Crippen LogP contribution in [-0.2, 0) is 9.59 Å². The molecule has 1 aliphatic carbocycles. The maximum absolute atomic E-state index is 12.9. The normalized spacial score (nSPS) is 19.9. The van der Waals surface area contributed by atoms with Gasteiger partial charge < -0.3 is 10.8 Å². The number of carbonyl (C=O) groups is 2. The van der Waals surface area contributed by atoms with Crippen LogP contribution in [0.2, 0.25) is 0 Å². The van der Waals surface area contributed by atoms with Gasteiger partial charge in [0.05, 0.1) is 6.04 Å². The Labute approximate surface area is 98.2 Å². The minimum Gasteiger partial charge on any atom is -0.476 e. The number of ketones is 1. The summed E-state index contributed by atoms with van der Waals surface area (Å²) in [6.45, 7) is 0. The van der Waals surface area contributed by atoms with Gasteiger partial charge in [-0.05, 0) is 12.3 Å². The molecule has 0 aromatic rings. The van der Waals surface area contributed by atoms with Gasteiger partial charge in [-0.1, -0.05) is 32.1 Å². The second-order valence-corrected chi connectivity index (χ2v) is 4.59. The highest BCUT2D eigenvalue weighted by Crippen LogP contribution is 2.28. The van der Waals surface area contributed by atoms with E-state index in [0.717, 1.165) is 32.1 Å². The van der Waals surface area contributed by atoms with Crippen molar-refractivity contribution in [1.82, 2.24) is 0 Å². The van der Waals surface area contributed by atoms with Crippen molar-refractivity contribution in [3.05, 3.63) is 0 Å². The average Bonchev–Trinajstić information content (AvgIpc) is 2.29. The van der Waals surface area contributed by atoms with Gasteiger partial charge in [-0.3, -0.25) is 4.79 Å². The predicted molar refractivity (Wildman–Crippen MR) is 56.8 cm³/mol. The Morgan fingerprint density at radius 3 is 2.29 bits per heavy atom. The number of carboxylic acids is 1. The minimum absolute atomic E-state index is 0.154. The molecule has 1 fully saturated rings. The molecule has 17 heavy (non-hydrogen) atoms. The van der Waals surface area contributed by atoms with Gasteiger partial charge in [0.25, 0.3) is 0 Å². The van der Waals surface area contributed by atoms with E-state index < -0.39 is 23.7 Å². The van der Waals surface area contributed by atoms with Crippen molar-refractivity contribution < 1.29 is 23.5 Å². The molecule has 4 nitrogen and oxygen atoms in total. The van der Waals surface area contributed by atoms with Crippen molar-refractivity contribution in [1.29, 1.82) is 0 Å². The lowest BCUT2D eigenvalue weighted by atomic mass is 9.83. The number of halogens is 2. The Bertz CT molecular complexity index is 301. The number of aliphatic carboxylic acids is 1. The number of carbonyl (C=O) groups excluding carboxylic acids is 1. The molecular weight excluding hydrogens is 232 g/mol. The van der Waals surface area contributed by atoms with E-state index in [1.807, 2.05) is 0 Å². The standard InChI is InChI=1S/C11H17F2NO3/c12-11(13,10(16)17)9(15)8(14)6-7-4-2-1-3-5-7/h7-8H,1-6,14H2,(H,16,17). The minimum atomic E-state index is -4.37. The zero-order valence-electron chi connectivity index (χ0n) is 9.49. The Morgan fingerprint density at radius 2 is 1.82 bits per heavy atom. The molecule has 1 saturated carbocycles. The molecule has 0 radical (unpaired) electrons. The highest BCUT2D eigenvalue weighted by atomic mass is 19.3. The quantitative estimate of drug-likeness (QED) is 0.725. The number of Topliss-reactive ketones (excluding diaryl/α,β-unsaturated/α-hetero) is 1. The summed E-state index contributed by atoms with van der Waals surface area (Å²) >= 11 is 0. The summed E-state index contributed by atoms with van der Waals surface area (Å²) in [6, 6.07) is -1.38. The van der Waals surface area contributed by atoms with Gasteiger partial charge in [0.2, 0.25) is 5.78 Å². The first-order valence-corrected chi connectivity index (χ1v) is 5.76. The lowest BCUT2D eigenvalue weighted by Crippen LogP contribution is -2.48. The predicted octanol–water partition coefficient (Wildman–Crippen LogP) is 1.57. The van der Waals surface area contributed by atoms with Gasteiger partial charge >= 0.3 is 11.9 Å². The molecule has 1 aliphatic rings. The fourth-order valence-electron chi connectivity index (χ4n) is 2.23. The van der Waals surface area contributed by atoms with E-state index >= 15 is 0 Å². The number of hydrogen-bond acceptors (Lipinski definition) is 3. The molecule has 1 rings (SSSR count). The number of rotatable bonds is 5. The van der Waals surface area contributed by atoms with Gasteiger partial charge in [-0.15, -0.1) is 0 Å². The maximum Gasteiger partial charge on any atom is 0.401 e. The highest BCUT2D eigenvalue weighted by molar-refractivity contribution is 6.06. The SMILES string of the molecule is NC(CC1CCCCC1)C(=O)C(F)(F)C(=O)O. The van der Waals surface area contributed by atoms with E-state index in [-0.39, 0.29) is 12.3 Å². The first-order chi connectivity index (χ1) is 7.85. The maximum atomic E-state index is 12.9. The van der Waals surface area contributed by atoms with Crippen LogP contribution < -0.4 is 5.73 Å². The largest absolute Gasteiger partial charge is 0.476 e. The highest BCUT2D eigenvalue weighted by Gasteiger charge is 2.49. The molecule has 0 aromatic carbocycles. The summed E-state index contributed by atoms with van der Waals surface area (Å²) < 4.78 is 25.8. The number of hydrogen-bond donors (Lipinski definition) is 2. The van der Waals surface area contributed by atoms with Crippen LogP contribution in [-0.4, -0.2) is 28.8 Å². The Kier molecular flexibility index (Phi) is 4.56. The summed E-state index contributed by atoms with van der Waals surface area (Å²) in [7, 11) is 0. The third kappa shape index (κ3) is 3.46. The molecule has 0 aromatic heterocycles. The molecule has 3 N–H and O–H groups in total. The smallest absolute Gasteiger partial charge is 0.401 e. The fourth-order valence-corrected chi connectivity index (χ4v) is 2.23. The van der Waals surface area contributed by atoms with E-state index in [4.69, 9.17) is 10.8 Å². The third-order valence-electron chi connectivity index (χ3n) is 3.23. The molecule has 0 spiro atoms. The van der Waals surface area contributed by atoms with Crippen LogP contribution in [0.5, 0.6) is 0 Å². The van der Waals surface area contributed by atoms with Crippen LogP contribution in [0.4, 0.5) is 8.78 Å². The van der Waals surface area contributed by atoms with Crippen LogP contribution >= 0.6 is 0 Å². The van der Waals surface area contributed by atoms with E-state index in [1.165, 1.54) is 0 Å². The topological polar surface area (TPSA) is 80.4 Å². The van der Waals surface area contributed by atoms with Crippen molar-refractivity contribution in [3.8, 4) is 0 Å². The summed E-state index contributed by atoms with van der Waals surface area (Å²) in [4.78, 5) is 21.5. The number of nitrogens with two attached hydrogens (primary N) is 1. The molecule has 0 saturated heterocycles. The van der Waals surface area contributed by atoms with Crippen molar-refractivity contribution in [2.24, 2.45) is 11.7 Å². The summed E-state index contributed by atoms with van der Waals surface area (Å²) in [5.74, 6) is -8.32. The van der Waals surface area contributed by atoms with Crippen LogP contribution in [0.1, 0.15) is 38.5 Å². The zero-order valence-corrected chi connectivity index (χ0v) is 9.49. The molecular formula is C11H17F2NO3. The molecule has 0 amide bonds. The van der Waals surface area contributed by atoms with Gasteiger partial charge in [-0.2, -0.15) is 8.78 Å². The molecule has 0 aliphatic heterocycles. The van der Waals surface area contributed by atoms with Crippen molar-refractivity contribution in [2.75, 3.05) is 0 Å². The van der Waals surface area contributed by atoms with Gasteiger partial charge in [-0.25, -0.2) is 4.79 Å². The van der Waals surface area contributed by atoms with E-state index in [2.05, 4.69) is 0 Å².